The van der Waals surface area contributed by atoms with Crippen molar-refractivity contribution in [3.63, 3.8) is 0 Å². The number of nitrogens with zero attached hydrogens (tertiary/aromatic N) is 2. The summed E-state index contributed by atoms with van der Waals surface area (Å²) >= 11 is 0. The van der Waals surface area contributed by atoms with Gasteiger partial charge >= 0.3 is 0 Å². The van der Waals surface area contributed by atoms with Gasteiger partial charge < -0.3 is 9.88 Å². The van der Waals surface area contributed by atoms with Crippen molar-refractivity contribution >= 4 is 22.5 Å². The fourth-order valence-electron chi connectivity index (χ4n) is 2.36. The maximum absolute atomic E-state index is 12.8. The molecule has 0 bridgehead atoms. The zero-order valence-electron chi connectivity index (χ0n) is 11.6. The van der Waals surface area contributed by atoms with Crippen molar-refractivity contribution in [3.05, 3.63) is 66.1 Å². The summed E-state index contributed by atoms with van der Waals surface area (Å²) in [6.45, 7) is 0.0829. The molecule has 0 aliphatic carbocycles. The first kappa shape index (κ1) is 13.8. The van der Waals surface area contributed by atoms with Crippen LogP contribution in [-0.4, -0.2) is 10.5 Å². The first-order chi connectivity index (χ1) is 10.7. The molecule has 0 aliphatic rings. The second-order valence-electron chi connectivity index (χ2n) is 4.85. The summed E-state index contributed by atoms with van der Waals surface area (Å²) in [5.74, 6) is -0.593. The van der Waals surface area contributed by atoms with Crippen LogP contribution in [0.4, 0.5) is 10.1 Å². The molecule has 1 aromatic heterocycles. The van der Waals surface area contributed by atoms with Crippen LogP contribution in [0, 0.1) is 17.1 Å². The zero-order valence-corrected chi connectivity index (χ0v) is 11.6. The predicted octanol–water partition coefficient (Wildman–Crippen LogP) is 3.29. The third-order valence-corrected chi connectivity index (χ3v) is 3.35. The van der Waals surface area contributed by atoms with Crippen LogP contribution in [0.15, 0.2) is 54.7 Å². The second kappa shape index (κ2) is 5.70. The van der Waals surface area contributed by atoms with E-state index in [-0.39, 0.29) is 18.3 Å². The average molecular weight is 293 g/mol. The van der Waals surface area contributed by atoms with E-state index >= 15 is 0 Å². The molecule has 0 radical (unpaired) electrons. The van der Waals surface area contributed by atoms with Crippen LogP contribution in [0.5, 0.6) is 0 Å². The quantitative estimate of drug-likeness (QED) is 0.805. The number of anilines is 1. The minimum Gasteiger partial charge on any atom is -0.337 e. The Morgan fingerprint density at radius 2 is 1.91 bits per heavy atom. The summed E-state index contributed by atoms with van der Waals surface area (Å²) in [4.78, 5) is 12.1. The van der Waals surface area contributed by atoms with Gasteiger partial charge in [-0.1, -0.05) is 18.2 Å². The number of hydrogen-bond donors (Lipinski definition) is 1. The number of nitriles is 1. The maximum atomic E-state index is 12.8. The van der Waals surface area contributed by atoms with E-state index in [0.717, 1.165) is 10.9 Å². The molecule has 4 nitrogen and oxygen atoms in total. The fourth-order valence-corrected chi connectivity index (χ4v) is 2.36. The summed E-state index contributed by atoms with van der Waals surface area (Å²) < 4.78 is 14.6. The highest BCUT2D eigenvalue weighted by molar-refractivity contribution is 5.93. The van der Waals surface area contributed by atoms with Gasteiger partial charge in [0.05, 0.1) is 5.56 Å². The van der Waals surface area contributed by atoms with E-state index in [1.165, 1.54) is 24.3 Å². The molecule has 22 heavy (non-hydrogen) atoms. The first-order valence-electron chi connectivity index (χ1n) is 6.71. The van der Waals surface area contributed by atoms with Gasteiger partial charge in [-0.05, 0) is 30.3 Å². The third kappa shape index (κ3) is 2.67. The summed E-state index contributed by atoms with van der Waals surface area (Å²) in [5, 5.41) is 12.7. The van der Waals surface area contributed by atoms with Crippen LogP contribution < -0.4 is 5.32 Å². The summed E-state index contributed by atoms with van der Waals surface area (Å²) in [6.07, 6.45) is 1.66. The number of rotatable bonds is 3. The summed E-state index contributed by atoms with van der Waals surface area (Å²) in [6, 6.07) is 15.1. The highest BCUT2D eigenvalue weighted by Gasteiger charge is 2.10. The van der Waals surface area contributed by atoms with Gasteiger partial charge in [0, 0.05) is 22.8 Å². The Morgan fingerprint density at radius 1 is 1.18 bits per heavy atom. The van der Waals surface area contributed by atoms with Crippen molar-refractivity contribution in [1.82, 2.24) is 4.57 Å². The molecule has 0 atom stereocenters. The van der Waals surface area contributed by atoms with Crippen LogP contribution in [0.3, 0.4) is 0 Å². The van der Waals surface area contributed by atoms with Gasteiger partial charge in [-0.25, -0.2) is 4.39 Å². The number of benzene rings is 2. The van der Waals surface area contributed by atoms with Crippen molar-refractivity contribution < 1.29 is 9.18 Å². The van der Waals surface area contributed by atoms with Crippen molar-refractivity contribution in [1.29, 1.82) is 5.26 Å². The van der Waals surface area contributed by atoms with E-state index in [9.17, 15) is 9.18 Å². The lowest BCUT2D eigenvalue weighted by atomic mass is 10.2. The molecule has 2 aromatic carbocycles. The number of para-hydroxylation sites is 1. The summed E-state index contributed by atoms with van der Waals surface area (Å²) in [7, 11) is 0. The molecule has 108 valence electrons. The average Bonchev–Trinajstić information content (AvgIpc) is 2.88. The number of nitrogens with one attached hydrogen (secondary N) is 1. The standard InChI is InChI=1S/C17H12FN3O/c18-13-5-7-14(8-6-13)20-17(22)11-21-10-12(9-19)15-3-1-2-4-16(15)21/h1-8,10H,11H2,(H,20,22). The molecule has 0 saturated heterocycles. The Hall–Kier alpha value is -3.13. The molecule has 0 fully saturated rings. The van der Waals surface area contributed by atoms with Gasteiger partial charge in [-0.2, -0.15) is 5.26 Å². The minimum atomic E-state index is -0.354. The van der Waals surface area contributed by atoms with Gasteiger partial charge in [0.15, 0.2) is 0 Å². The lowest BCUT2D eigenvalue weighted by Crippen LogP contribution is -2.18. The van der Waals surface area contributed by atoms with Gasteiger partial charge in [0.25, 0.3) is 0 Å². The van der Waals surface area contributed by atoms with Gasteiger partial charge in [0.1, 0.15) is 18.4 Å². The molecular weight excluding hydrogens is 281 g/mol. The molecule has 5 heteroatoms. The summed E-state index contributed by atoms with van der Waals surface area (Å²) in [5.41, 5.74) is 1.89. The van der Waals surface area contributed by atoms with E-state index in [1.807, 2.05) is 24.3 Å². The van der Waals surface area contributed by atoms with Crippen LogP contribution in [0.25, 0.3) is 10.9 Å². The molecule has 0 aliphatic heterocycles. The smallest absolute Gasteiger partial charge is 0.244 e. The zero-order chi connectivity index (χ0) is 15.5. The number of aromatic nitrogens is 1. The number of hydrogen-bond acceptors (Lipinski definition) is 2. The molecule has 1 heterocycles. The van der Waals surface area contributed by atoms with Gasteiger partial charge in [-0.15, -0.1) is 0 Å². The highest BCUT2D eigenvalue weighted by Crippen LogP contribution is 2.20. The number of carbonyl (C=O) groups excluding carboxylic acids is 1. The van der Waals surface area contributed by atoms with Gasteiger partial charge in [0.2, 0.25) is 5.91 Å². The Kier molecular flexibility index (Phi) is 3.58. The Morgan fingerprint density at radius 3 is 2.64 bits per heavy atom. The number of amides is 1. The van der Waals surface area contributed by atoms with E-state index in [4.69, 9.17) is 5.26 Å². The monoisotopic (exact) mass is 293 g/mol. The van der Waals surface area contributed by atoms with Crippen LogP contribution in [-0.2, 0) is 11.3 Å². The molecule has 1 N–H and O–H groups in total. The maximum Gasteiger partial charge on any atom is 0.244 e. The Bertz CT molecular complexity index is 875. The van der Waals surface area contributed by atoms with E-state index < -0.39 is 0 Å². The second-order valence-corrected chi connectivity index (χ2v) is 4.85. The Balaban J connectivity index is 1.82. The van der Waals surface area contributed by atoms with Crippen LogP contribution >= 0.6 is 0 Å². The largest absolute Gasteiger partial charge is 0.337 e. The molecule has 0 saturated carbocycles. The molecule has 0 unspecified atom stereocenters. The number of carbonyl (C=O) groups is 1. The van der Waals surface area contributed by atoms with Crippen molar-refractivity contribution in [2.75, 3.05) is 5.32 Å². The minimum absolute atomic E-state index is 0.0829. The van der Waals surface area contributed by atoms with Gasteiger partial charge in [-0.3, -0.25) is 4.79 Å². The topological polar surface area (TPSA) is 57.8 Å². The molecule has 0 spiro atoms. The predicted molar refractivity (Wildman–Crippen MR) is 81.7 cm³/mol. The number of fused-ring (bicyclic) bond motifs is 1. The molecular formula is C17H12FN3O. The molecule has 1 amide bonds. The molecule has 3 rings (SSSR count). The first-order valence-corrected chi connectivity index (χ1v) is 6.71. The van der Waals surface area contributed by atoms with Crippen molar-refractivity contribution in [2.24, 2.45) is 0 Å². The van der Waals surface area contributed by atoms with E-state index in [1.54, 1.807) is 10.8 Å². The highest BCUT2D eigenvalue weighted by atomic mass is 19.1. The Labute approximate surface area is 126 Å². The molecule has 3 aromatic rings. The lowest BCUT2D eigenvalue weighted by Gasteiger charge is -2.07. The van der Waals surface area contributed by atoms with Crippen molar-refractivity contribution in [3.8, 4) is 6.07 Å². The van der Waals surface area contributed by atoms with E-state index in [0.29, 0.717) is 11.3 Å². The lowest BCUT2D eigenvalue weighted by molar-refractivity contribution is -0.116. The van der Waals surface area contributed by atoms with E-state index in [2.05, 4.69) is 11.4 Å². The SMILES string of the molecule is N#Cc1cn(CC(=O)Nc2ccc(F)cc2)c2ccccc12. The fraction of sp³-hybridized carbons (Fsp3) is 0.0588. The number of halogens is 1. The third-order valence-electron chi connectivity index (χ3n) is 3.35. The van der Waals surface area contributed by atoms with Crippen LogP contribution in [0.2, 0.25) is 0 Å². The van der Waals surface area contributed by atoms with Crippen molar-refractivity contribution in [2.45, 2.75) is 6.54 Å². The normalized spacial score (nSPS) is 10.4. The van der Waals surface area contributed by atoms with Crippen LogP contribution in [0.1, 0.15) is 5.56 Å².